The first-order valence-electron chi connectivity index (χ1n) is 6.02. The molecule has 0 aliphatic heterocycles. The van der Waals surface area contributed by atoms with Gasteiger partial charge in [-0.2, -0.15) is 0 Å². The average molecular weight is 257 g/mol. The number of carbonyl (C=O) groups excluding carboxylic acids is 1. The van der Waals surface area contributed by atoms with Crippen molar-refractivity contribution in [2.45, 2.75) is 13.3 Å². The molecule has 19 heavy (non-hydrogen) atoms. The number of rotatable bonds is 5. The van der Waals surface area contributed by atoms with E-state index in [0.29, 0.717) is 22.9 Å². The van der Waals surface area contributed by atoms with Crippen LogP contribution in [0.2, 0.25) is 0 Å². The molecule has 0 atom stereocenters. The summed E-state index contributed by atoms with van der Waals surface area (Å²) in [6.45, 7) is 2.08. The second-order valence-electron chi connectivity index (χ2n) is 3.99. The largest absolute Gasteiger partial charge is 0.493 e. The van der Waals surface area contributed by atoms with Gasteiger partial charge in [0.05, 0.1) is 7.11 Å². The molecule has 0 fully saturated rings. The van der Waals surface area contributed by atoms with Crippen molar-refractivity contribution in [1.29, 1.82) is 0 Å². The van der Waals surface area contributed by atoms with Crippen LogP contribution >= 0.6 is 0 Å². The zero-order chi connectivity index (χ0) is 13.7. The lowest BCUT2D eigenvalue weighted by Gasteiger charge is -2.10. The van der Waals surface area contributed by atoms with Crippen molar-refractivity contribution in [3.05, 3.63) is 47.7 Å². The van der Waals surface area contributed by atoms with E-state index in [0.717, 1.165) is 12.7 Å². The van der Waals surface area contributed by atoms with Crippen LogP contribution in [-0.4, -0.2) is 18.4 Å². The number of aryl methyl sites for hydroxylation is 1. The van der Waals surface area contributed by atoms with Crippen LogP contribution in [-0.2, 0) is 6.42 Å². The fourth-order valence-electron chi connectivity index (χ4n) is 1.65. The number of carbonyl (C=O) groups is 1. The normalized spacial score (nSPS) is 10.0. The van der Waals surface area contributed by atoms with Gasteiger partial charge in [-0.05, 0) is 30.2 Å². The molecule has 2 aromatic rings. The van der Waals surface area contributed by atoms with Crippen LogP contribution in [0.15, 0.2) is 36.5 Å². The van der Waals surface area contributed by atoms with E-state index in [9.17, 15) is 4.79 Å². The first kappa shape index (κ1) is 13.1. The van der Waals surface area contributed by atoms with Crippen molar-refractivity contribution in [1.82, 2.24) is 4.98 Å². The van der Waals surface area contributed by atoms with Gasteiger partial charge in [-0.15, -0.1) is 0 Å². The molecule has 0 unspecified atom stereocenters. The Balaban J connectivity index is 2.24. The van der Waals surface area contributed by atoms with Crippen molar-refractivity contribution < 1.29 is 14.3 Å². The predicted molar refractivity (Wildman–Crippen MR) is 72.1 cm³/mol. The maximum atomic E-state index is 10.5. The number of methoxy groups -OCH3 is 1. The first-order chi connectivity index (χ1) is 9.26. The molecule has 2 rings (SSSR count). The molecule has 4 heteroatoms. The van der Waals surface area contributed by atoms with Gasteiger partial charge < -0.3 is 9.47 Å². The fourth-order valence-corrected chi connectivity index (χ4v) is 1.65. The number of hydrogen-bond acceptors (Lipinski definition) is 4. The van der Waals surface area contributed by atoms with E-state index in [2.05, 4.69) is 11.9 Å². The number of pyridine rings is 1. The minimum atomic E-state index is 0.424. The van der Waals surface area contributed by atoms with Gasteiger partial charge in [0.15, 0.2) is 17.8 Å². The average Bonchev–Trinajstić information content (AvgIpc) is 2.48. The van der Waals surface area contributed by atoms with Crippen molar-refractivity contribution in [2.24, 2.45) is 0 Å². The quantitative estimate of drug-likeness (QED) is 0.771. The van der Waals surface area contributed by atoms with E-state index in [1.165, 1.54) is 11.8 Å². The molecule has 98 valence electrons. The summed E-state index contributed by atoms with van der Waals surface area (Å²) in [5.74, 6) is 1.69. The molecule has 0 aliphatic carbocycles. The summed E-state index contributed by atoms with van der Waals surface area (Å²) in [5, 5.41) is 0. The Morgan fingerprint density at radius 3 is 2.63 bits per heavy atom. The lowest BCUT2D eigenvalue weighted by Crippen LogP contribution is -1.94. The van der Waals surface area contributed by atoms with Crippen molar-refractivity contribution in [3.63, 3.8) is 0 Å². The van der Waals surface area contributed by atoms with E-state index >= 15 is 0 Å². The van der Waals surface area contributed by atoms with E-state index in [-0.39, 0.29) is 0 Å². The zero-order valence-electron chi connectivity index (χ0n) is 10.9. The predicted octanol–water partition coefficient (Wildman–Crippen LogP) is 3.26. The van der Waals surface area contributed by atoms with Crippen molar-refractivity contribution in [3.8, 4) is 17.4 Å². The molecule has 0 bridgehead atoms. The van der Waals surface area contributed by atoms with E-state index in [4.69, 9.17) is 9.47 Å². The maximum Gasteiger partial charge on any atom is 0.219 e. The third-order valence-electron chi connectivity index (χ3n) is 2.75. The Hall–Kier alpha value is -2.36. The number of nitrogens with zero attached hydrogens (tertiary/aromatic N) is 1. The van der Waals surface area contributed by atoms with E-state index in [1.54, 1.807) is 19.2 Å². The van der Waals surface area contributed by atoms with Crippen molar-refractivity contribution >= 4 is 6.29 Å². The summed E-state index contributed by atoms with van der Waals surface area (Å²) in [7, 11) is 1.60. The first-order valence-corrected chi connectivity index (χ1v) is 6.02. The number of hydrogen-bond donors (Lipinski definition) is 0. The molecule has 4 nitrogen and oxygen atoms in total. The van der Waals surface area contributed by atoms with Crippen molar-refractivity contribution in [2.75, 3.05) is 7.11 Å². The lowest BCUT2D eigenvalue weighted by atomic mass is 10.1. The Bertz CT molecular complexity index is 564. The number of aromatic nitrogens is 1. The minimum absolute atomic E-state index is 0.424. The fraction of sp³-hybridized carbons (Fsp3) is 0.200. The summed E-state index contributed by atoms with van der Waals surface area (Å²) in [4.78, 5) is 14.6. The lowest BCUT2D eigenvalue weighted by molar-refractivity contribution is 0.112. The third-order valence-corrected chi connectivity index (χ3v) is 2.75. The third kappa shape index (κ3) is 3.10. The molecule has 1 aromatic heterocycles. The minimum Gasteiger partial charge on any atom is -0.493 e. The Morgan fingerprint density at radius 1 is 1.21 bits per heavy atom. The number of ether oxygens (including phenoxy) is 2. The highest BCUT2D eigenvalue weighted by atomic mass is 16.5. The molecular weight excluding hydrogens is 242 g/mol. The monoisotopic (exact) mass is 257 g/mol. The zero-order valence-corrected chi connectivity index (χ0v) is 10.9. The van der Waals surface area contributed by atoms with Gasteiger partial charge in [-0.3, -0.25) is 4.79 Å². The van der Waals surface area contributed by atoms with E-state index < -0.39 is 0 Å². The second kappa shape index (κ2) is 6.00. The van der Waals surface area contributed by atoms with Crippen LogP contribution in [0.1, 0.15) is 22.8 Å². The highest BCUT2D eigenvalue weighted by Gasteiger charge is 2.07. The summed E-state index contributed by atoms with van der Waals surface area (Å²) in [6, 6.07) is 9.08. The van der Waals surface area contributed by atoms with Crippen LogP contribution in [0.25, 0.3) is 0 Å². The van der Waals surface area contributed by atoms with Gasteiger partial charge in [0, 0.05) is 17.8 Å². The molecule has 0 radical (unpaired) electrons. The molecule has 0 saturated carbocycles. The SMILES string of the molecule is CCc1ccc(Oc2ccc(C=O)cn2)c(OC)c1. The van der Waals surface area contributed by atoms with Gasteiger partial charge >= 0.3 is 0 Å². The molecule has 0 aliphatic rings. The van der Waals surface area contributed by atoms with E-state index in [1.807, 2.05) is 18.2 Å². The van der Waals surface area contributed by atoms with Gasteiger partial charge in [0.1, 0.15) is 0 Å². The highest BCUT2D eigenvalue weighted by molar-refractivity contribution is 5.74. The molecular formula is C15H15NO3. The van der Waals surface area contributed by atoms with Gasteiger partial charge in [-0.25, -0.2) is 4.98 Å². The maximum absolute atomic E-state index is 10.5. The highest BCUT2D eigenvalue weighted by Crippen LogP contribution is 2.31. The Kier molecular flexibility index (Phi) is 4.13. The van der Waals surface area contributed by atoms with Crippen LogP contribution in [0.5, 0.6) is 17.4 Å². The summed E-state index contributed by atoms with van der Waals surface area (Å²) in [5.41, 5.74) is 1.69. The number of benzene rings is 1. The number of aldehydes is 1. The van der Waals surface area contributed by atoms with Gasteiger partial charge in [-0.1, -0.05) is 13.0 Å². The van der Waals surface area contributed by atoms with Gasteiger partial charge in [0.25, 0.3) is 0 Å². The Labute approximate surface area is 112 Å². The standard InChI is InChI=1S/C15H15NO3/c1-3-11-4-6-13(14(8-11)18-2)19-15-7-5-12(10-17)9-16-15/h4-10H,3H2,1-2H3. The second-order valence-corrected chi connectivity index (χ2v) is 3.99. The van der Waals surface area contributed by atoms with Gasteiger partial charge in [0.2, 0.25) is 5.88 Å². The molecule has 0 spiro atoms. The topological polar surface area (TPSA) is 48.4 Å². The molecule has 0 amide bonds. The van der Waals surface area contributed by atoms with Crippen LogP contribution in [0, 0.1) is 0 Å². The molecule has 1 aromatic carbocycles. The molecule has 0 saturated heterocycles. The molecule has 0 N–H and O–H groups in total. The smallest absolute Gasteiger partial charge is 0.219 e. The Morgan fingerprint density at radius 2 is 2.05 bits per heavy atom. The summed E-state index contributed by atoms with van der Waals surface area (Å²) in [6.07, 6.45) is 3.14. The summed E-state index contributed by atoms with van der Waals surface area (Å²) >= 11 is 0. The summed E-state index contributed by atoms with van der Waals surface area (Å²) < 4.78 is 10.9. The molecule has 1 heterocycles. The van der Waals surface area contributed by atoms with Crippen LogP contribution < -0.4 is 9.47 Å². The van der Waals surface area contributed by atoms with Crippen LogP contribution in [0.4, 0.5) is 0 Å². The van der Waals surface area contributed by atoms with Crippen LogP contribution in [0.3, 0.4) is 0 Å².